The Kier molecular flexibility index (Phi) is 6.56. The molecule has 0 saturated carbocycles. The molecule has 0 unspecified atom stereocenters. The van der Waals surface area contributed by atoms with Gasteiger partial charge in [0, 0.05) is 43.8 Å². The van der Waals surface area contributed by atoms with Crippen molar-refractivity contribution in [3.8, 4) is 45.3 Å². The van der Waals surface area contributed by atoms with Crippen molar-refractivity contribution in [1.29, 1.82) is 0 Å². The van der Waals surface area contributed by atoms with E-state index in [1.165, 1.54) is 10.8 Å². The fourth-order valence-corrected chi connectivity index (χ4v) is 8.54. The molecule has 9 aromatic carbocycles. The predicted molar refractivity (Wildman–Crippen MR) is 229 cm³/mol. The number of nitrogens with zero attached hydrogens (tertiary/aromatic N) is 3. The Morgan fingerprint density at radius 1 is 0.304 bits per heavy atom. The summed E-state index contributed by atoms with van der Waals surface area (Å²) in [4.78, 5) is 15.9. The van der Waals surface area contributed by atoms with Crippen molar-refractivity contribution in [1.82, 2.24) is 15.0 Å². The normalized spacial score (nSPS) is 11.9. The van der Waals surface area contributed by atoms with E-state index in [-0.39, 0.29) is 0 Å². The Morgan fingerprint density at radius 3 is 1.80 bits per heavy atom. The molecule has 5 heteroatoms. The lowest BCUT2D eigenvalue weighted by Gasteiger charge is -2.12. The highest BCUT2D eigenvalue weighted by Crippen LogP contribution is 2.43. The molecule has 56 heavy (non-hydrogen) atoms. The first-order valence-electron chi connectivity index (χ1n) is 18.8. The van der Waals surface area contributed by atoms with E-state index < -0.39 is 0 Å². The van der Waals surface area contributed by atoms with Gasteiger partial charge in [-0.2, -0.15) is 0 Å². The number of benzene rings is 9. The summed E-state index contributed by atoms with van der Waals surface area (Å²) < 4.78 is 13.2. The third-order valence-electron chi connectivity index (χ3n) is 11.1. The van der Waals surface area contributed by atoms with Gasteiger partial charge in [-0.15, -0.1) is 0 Å². The summed E-state index contributed by atoms with van der Waals surface area (Å²) in [5, 5.41) is 10.9. The molecule has 5 nitrogen and oxygen atoms in total. The number of hydrogen-bond donors (Lipinski definition) is 0. The van der Waals surface area contributed by atoms with Crippen molar-refractivity contribution >= 4 is 76.2 Å². The summed E-state index contributed by atoms with van der Waals surface area (Å²) in [5.41, 5.74) is 8.03. The first kappa shape index (κ1) is 30.8. The first-order chi connectivity index (χ1) is 27.7. The lowest BCUT2D eigenvalue weighted by Crippen LogP contribution is -2.01. The van der Waals surface area contributed by atoms with E-state index in [4.69, 9.17) is 23.8 Å². The largest absolute Gasteiger partial charge is 0.456 e. The highest BCUT2D eigenvalue weighted by molar-refractivity contribution is 6.22. The molecule has 0 aliphatic rings. The zero-order valence-electron chi connectivity index (χ0n) is 29.9. The molecule has 0 N–H and O–H groups in total. The number of rotatable bonds is 4. The zero-order valence-corrected chi connectivity index (χ0v) is 29.9. The van der Waals surface area contributed by atoms with Gasteiger partial charge >= 0.3 is 0 Å². The maximum absolute atomic E-state index is 6.67. The molecule has 0 aliphatic carbocycles. The van der Waals surface area contributed by atoms with Crippen molar-refractivity contribution in [2.45, 2.75) is 0 Å². The molecule has 260 valence electrons. The van der Waals surface area contributed by atoms with Gasteiger partial charge in [0.05, 0.1) is 0 Å². The lowest BCUT2D eigenvalue weighted by atomic mass is 9.98. The average Bonchev–Trinajstić information content (AvgIpc) is 3.85. The summed E-state index contributed by atoms with van der Waals surface area (Å²) in [5.74, 6) is 1.72. The van der Waals surface area contributed by atoms with Gasteiger partial charge < -0.3 is 8.83 Å². The van der Waals surface area contributed by atoms with Gasteiger partial charge in [0.25, 0.3) is 0 Å². The lowest BCUT2D eigenvalue weighted by molar-refractivity contribution is 0.669. The smallest absolute Gasteiger partial charge is 0.164 e. The zero-order chi connectivity index (χ0) is 36.7. The van der Waals surface area contributed by atoms with Gasteiger partial charge in [0.15, 0.2) is 17.5 Å². The quantitative estimate of drug-likeness (QED) is 0.170. The van der Waals surface area contributed by atoms with Crippen LogP contribution in [0.5, 0.6) is 0 Å². The maximum Gasteiger partial charge on any atom is 0.164 e. The number of furan rings is 2. The maximum atomic E-state index is 6.67. The van der Waals surface area contributed by atoms with Crippen LogP contribution in [0.3, 0.4) is 0 Å². The molecule has 0 saturated heterocycles. The van der Waals surface area contributed by atoms with E-state index in [1.807, 2.05) is 30.3 Å². The second-order valence-electron chi connectivity index (χ2n) is 14.3. The van der Waals surface area contributed by atoms with Gasteiger partial charge in [-0.05, 0) is 62.1 Å². The van der Waals surface area contributed by atoms with Crippen LogP contribution in [0.15, 0.2) is 185 Å². The highest BCUT2D eigenvalue weighted by Gasteiger charge is 2.22. The summed E-state index contributed by atoms with van der Waals surface area (Å²) in [7, 11) is 0. The van der Waals surface area contributed by atoms with Crippen LogP contribution >= 0.6 is 0 Å². The standard InChI is InChI=1S/C51H29N3O2/c1-2-12-30(13-3-1)35-19-10-20-39-47-40(21-11-23-44(47)56-48(35)39)50-52-49(33-27-26-32-25-24-31-14-4-5-15-34(31)41(32)28-33)53-51(54-50)42-29-45-46(37-17-7-6-16-36(37)42)38-18-8-9-22-43(38)55-45/h1-29H. The van der Waals surface area contributed by atoms with E-state index in [9.17, 15) is 0 Å². The molecular weight excluding hydrogens is 687 g/mol. The second-order valence-corrected chi connectivity index (χ2v) is 14.3. The average molecular weight is 716 g/mol. The molecule has 3 heterocycles. The Balaban J connectivity index is 1.16. The highest BCUT2D eigenvalue weighted by atomic mass is 16.3. The van der Waals surface area contributed by atoms with Gasteiger partial charge in [-0.3, -0.25) is 0 Å². The molecule has 3 aromatic heterocycles. The van der Waals surface area contributed by atoms with Gasteiger partial charge in [-0.1, -0.05) is 152 Å². The molecule has 12 aromatic rings. The topological polar surface area (TPSA) is 65.0 Å². The minimum Gasteiger partial charge on any atom is -0.456 e. The van der Waals surface area contributed by atoms with E-state index in [0.717, 1.165) is 93.2 Å². The summed E-state index contributed by atoms with van der Waals surface area (Å²) in [6.07, 6.45) is 0. The van der Waals surface area contributed by atoms with Crippen LogP contribution in [0, 0.1) is 0 Å². The van der Waals surface area contributed by atoms with Crippen LogP contribution in [-0.2, 0) is 0 Å². The van der Waals surface area contributed by atoms with Crippen LogP contribution in [0.4, 0.5) is 0 Å². The molecule has 0 bridgehead atoms. The third kappa shape index (κ3) is 4.64. The third-order valence-corrected chi connectivity index (χ3v) is 11.1. The van der Waals surface area contributed by atoms with Crippen molar-refractivity contribution in [3.63, 3.8) is 0 Å². The van der Waals surface area contributed by atoms with Gasteiger partial charge in [0.2, 0.25) is 0 Å². The predicted octanol–water partition coefficient (Wildman–Crippen LogP) is 13.8. The molecule has 0 spiro atoms. The Labute approximate surface area is 320 Å². The van der Waals surface area contributed by atoms with Gasteiger partial charge in [0.1, 0.15) is 22.3 Å². The van der Waals surface area contributed by atoms with Crippen molar-refractivity contribution < 1.29 is 8.83 Å². The van der Waals surface area contributed by atoms with Crippen molar-refractivity contribution in [3.05, 3.63) is 176 Å². The molecule has 0 aliphatic heterocycles. The molecule has 0 radical (unpaired) electrons. The van der Waals surface area contributed by atoms with E-state index in [0.29, 0.717) is 17.5 Å². The molecule has 0 fully saturated rings. The van der Waals surface area contributed by atoms with E-state index in [2.05, 4.69) is 146 Å². The first-order valence-corrected chi connectivity index (χ1v) is 18.8. The number of fused-ring (bicyclic) bond motifs is 11. The molecule has 12 rings (SSSR count). The Bertz CT molecular complexity index is 3550. The van der Waals surface area contributed by atoms with Crippen LogP contribution < -0.4 is 0 Å². The van der Waals surface area contributed by atoms with E-state index in [1.54, 1.807) is 0 Å². The van der Waals surface area contributed by atoms with Crippen LogP contribution in [-0.4, -0.2) is 15.0 Å². The monoisotopic (exact) mass is 715 g/mol. The van der Waals surface area contributed by atoms with Crippen LogP contribution in [0.25, 0.3) is 121 Å². The summed E-state index contributed by atoms with van der Waals surface area (Å²) in [6, 6.07) is 60.9. The number of hydrogen-bond acceptors (Lipinski definition) is 5. The Morgan fingerprint density at radius 2 is 0.929 bits per heavy atom. The Hall–Kier alpha value is -7.63. The number of aromatic nitrogens is 3. The number of para-hydroxylation sites is 2. The second kappa shape index (κ2) is 11.9. The van der Waals surface area contributed by atoms with Gasteiger partial charge in [-0.25, -0.2) is 15.0 Å². The fourth-order valence-electron chi connectivity index (χ4n) is 8.54. The van der Waals surface area contributed by atoms with Crippen LogP contribution in [0.2, 0.25) is 0 Å². The minimum absolute atomic E-state index is 0.565. The minimum atomic E-state index is 0.565. The van der Waals surface area contributed by atoms with E-state index >= 15 is 0 Å². The van der Waals surface area contributed by atoms with Crippen LogP contribution in [0.1, 0.15) is 0 Å². The molecule has 0 amide bonds. The summed E-state index contributed by atoms with van der Waals surface area (Å²) >= 11 is 0. The SMILES string of the molecule is c1ccc(-c2cccc3c2oc2cccc(-c4nc(-c5ccc6ccc7ccccc7c6c5)nc(-c5cc6oc7ccccc7c6c6ccccc56)n4)c23)cc1. The fraction of sp³-hybridized carbons (Fsp3) is 0. The molecular formula is C51H29N3O2. The van der Waals surface area contributed by atoms with Crippen molar-refractivity contribution in [2.75, 3.05) is 0 Å². The molecule has 0 atom stereocenters. The van der Waals surface area contributed by atoms with Crippen molar-refractivity contribution in [2.24, 2.45) is 0 Å². The summed E-state index contributed by atoms with van der Waals surface area (Å²) in [6.45, 7) is 0.